The lowest BCUT2D eigenvalue weighted by atomic mass is 9.95. The summed E-state index contributed by atoms with van der Waals surface area (Å²) in [6.07, 6.45) is 1.61. The Morgan fingerprint density at radius 1 is 1.06 bits per heavy atom. The van der Waals surface area contributed by atoms with Crippen molar-refractivity contribution in [3.63, 3.8) is 0 Å². The lowest BCUT2D eigenvalue weighted by molar-refractivity contribution is -0.121. The monoisotopic (exact) mass is 436 g/mol. The van der Waals surface area contributed by atoms with Crippen LogP contribution in [0.25, 0.3) is 11.1 Å². The fourth-order valence-electron chi connectivity index (χ4n) is 3.94. The minimum absolute atomic E-state index is 0.0238. The zero-order valence-corrected chi connectivity index (χ0v) is 18.3. The smallest absolute Gasteiger partial charge is 0.227 e. The molecule has 2 heterocycles. The molecule has 1 saturated heterocycles. The molecule has 160 valence electrons. The molecule has 1 aromatic heterocycles. The van der Waals surface area contributed by atoms with E-state index in [0.717, 1.165) is 59.7 Å². The van der Waals surface area contributed by atoms with Gasteiger partial charge in [-0.3, -0.25) is 14.5 Å². The quantitative estimate of drug-likeness (QED) is 0.511. The summed E-state index contributed by atoms with van der Waals surface area (Å²) in [5.74, 6) is -0.165. The van der Waals surface area contributed by atoms with Crippen LogP contribution in [0, 0.1) is 11.7 Å². The minimum atomic E-state index is -0.279. The Labute approximate surface area is 185 Å². The lowest BCUT2D eigenvalue weighted by Crippen LogP contribution is -2.37. The van der Waals surface area contributed by atoms with Crippen LogP contribution in [-0.2, 0) is 11.3 Å². The number of piperidine rings is 1. The molecule has 1 aliphatic heterocycles. The van der Waals surface area contributed by atoms with Gasteiger partial charge in [0.1, 0.15) is 5.82 Å². The maximum absolute atomic E-state index is 13.5. The highest BCUT2D eigenvalue weighted by atomic mass is 32.1. The van der Waals surface area contributed by atoms with Crippen molar-refractivity contribution in [2.45, 2.75) is 26.3 Å². The fraction of sp³-hybridized carbons (Fsp3) is 0.280. The molecule has 2 aromatic carbocycles. The van der Waals surface area contributed by atoms with E-state index in [-0.39, 0.29) is 23.4 Å². The Bertz CT molecular complexity index is 1090. The van der Waals surface area contributed by atoms with Gasteiger partial charge in [0.25, 0.3) is 0 Å². The summed E-state index contributed by atoms with van der Waals surface area (Å²) in [5, 5.41) is 5.07. The molecule has 0 saturated carbocycles. The van der Waals surface area contributed by atoms with E-state index < -0.39 is 0 Å². The van der Waals surface area contributed by atoms with Crippen LogP contribution in [0.1, 0.15) is 35.0 Å². The van der Waals surface area contributed by atoms with Crippen molar-refractivity contribution in [1.29, 1.82) is 0 Å². The second-order valence-electron chi connectivity index (χ2n) is 8.01. The van der Waals surface area contributed by atoms with Crippen molar-refractivity contribution in [1.82, 2.24) is 4.90 Å². The van der Waals surface area contributed by atoms with E-state index in [1.807, 2.05) is 41.8 Å². The van der Waals surface area contributed by atoms with Crippen LogP contribution in [0.5, 0.6) is 0 Å². The van der Waals surface area contributed by atoms with Gasteiger partial charge in [-0.1, -0.05) is 24.3 Å². The average Bonchev–Trinajstić information content (AvgIpc) is 3.23. The maximum atomic E-state index is 13.5. The summed E-state index contributed by atoms with van der Waals surface area (Å²) in [7, 11) is 0. The SMILES string of the molecule is CC(=O)c1cc(CN2CCC(C(=O)Nc3cccc(-c4cccc(F)c4)c3)CC2)cs1. The highest BCUT2D eigenvalue weighted by Crippen LogP contribution is 2.26. The van der Waals surface area contributed by atoms with Gasteiger partial charge in [-0.25, -0.2) is 4.39 Å². The van der Waals surface area contributed by atoms with E-state index in [2.05, 4.69) is 10.2 Å². The molecule has 3 aromatic rings. The van der Waals surface area contributed by atoms with Crippen LogP contribution in [-0.4, -0.2) is 29.7 Å². The molecule has 1 aliphatic rings. The molecule has 0 aliphatic carbocycles. The van der Waals surface area contributed by atoms with Gasteiger partial charge < -0.3 is 5.32 Å². The van der Waals surface area contributed by atoms with Crippen molar-refractivity contribution in [3.05, 3.63) is 76.2 Å². The Hall–Kier alpha value is -2.83. The zero-order valence-electron chi connectivity index (χ0n) is 17.4. The van der Waals surface area contributed by atoms with Crippen molar-refractivity contribution in [2.75, 3.05) is 18.4 Å². The van der Waals surface area contributed by atoms with Gasteiger partial charge >= 0.3 is 0 Å². The number of nitrogens with zero attached hydrogens (tertiary/aromatic N) is 1. The number of nitrogens with one attached hydrogen (secondary N) is 1. The lowest BCUT2D eigenvalue weighted by Gasteiger charge is -2.31. The number of ketones is 1. The highest BCUT2D eigenvalue weighted by molar-refractivity contribution is 7.12. The van der Waals surface area contributed by atoms with Crippen LogP contribution in [0.4, 0.5) is 10.1 Å². The van der Waals surface area contributed by atoms with Crippen molar-refractivity contribution >= 4 is 28.7 Å². The number of Topliss-reactive ketones (excluding diaryl/α,β-unsaturated/α-hetero) is 1. The molecule has 0 atom stereocenters. The number of rotatable bonds is 6. The maximum Gasteiger partial charge on any atom is 0.227 e. The Morgan fingerprint density at radius 3 is 2.45 bits per heavy atom. The molecule has 0 radical (unpaired) electrons. The molecule has 0 bridgehead atoms. The molecule has 1 N–H and O–H groups in total. The number of hydrogen-bond donors (Lipinski definition) is 1. The number of carbonyl (C=O) groups excluding carboxylic acids is 2. The van der Waals surface area contributed by atoms with Crippen LogP contribution >= 0.6 is 11.3 Å². The van der Waals surface area contributed by atoms with Crippen molar-refractivity contribution < 1.29 is 14.0 Å². The van der Waals surface area contributed by atoms with E-state index in [1.165, 1.54) is 23.5 Å². The number of hydrogen-bond acceptors (Lipinski definition) is 4. The molecule has 0 unspecified atom stereocenters. The van der Waals surface area contributed by atoms with Gasteiger partial charge in [-0.15, -0.1) is 11.3 Å². The largest absolute Gasteiger partial charge is 0.326 e. The molecular formula is C25H25FN2O2S. The first-order valence-electron chi connectivity index (χ1n) is 10.5. The number of thiophene rings is 1. The Balaban J connectivity index is 1.32. The minimum Gasteiger partial charge on any atom is -0.326 e. The van der Waals surface area contributed by atoms with Crippen LogP contribution in [0.15, 0.2) is 60.0 Å². The summed E-state index contributed by atoms with van der Waals surface area (Å²) in [6, 6.07) is 15.9. The van der Waals surface area contributed by atoms with Crippen molar-refractivity contribution in [3.8, 4) is 11.1 Å². The number of carbonyl (C=O) groups is 2. The molecular weight excluding hydrogens is 411 g/mol. The van der Waals surface area contributed by atoms with E-state index >= 15 is 0 Å². The molecule has 0 spiro atoms. The van der Waals surface area contributed by atoms with Gasteiger partial charge in [0, 0.05) is 18.2 Å². The van der Waals surface area contributed by atoms with Crippen LogP contribution in [0.3, 0.4) is 0 Å². The van der Waals surface area contributed by atoms with Gasteiger partial charge in [0.15, 0.2) is 5.78 Å². The number of benzene rings is 2. The average molecular weight is 437 g/mol. The predicted octanol–water partition coefficient (Wildman–Crippen LogP) is 5.61. The summed E-state index contributed by atoms with van der Waals surface area (Å²) >= 11 is 1.49. The van der Waals surface area contributed by atoms with Gasteiger partial charge in [-0.05, 0) is 85.3 Å². The van der Waals surface area contributed by atoms with Crippen LogP contribution in [0.2, 0.25) is 0 Å². The van der Waals surface area contributed by atoms with E-state index in [0.29, 0.717) is 0 Å². The fourth-order valence-corrected chi connectivity index (χ4v) is 4.75. The third-order valence-corrected chi connectivity index (χ3v) is 6.73. The summed E-state index contributed by atoms with van der Waals surface area (Å²) in [4.78, 5) is 27.4. The molecule has 1 amide bonds. The molecule has 1 fully saturated rings. The first-order valence-corrected chi connectivity index (χ1v) is 11.3. The first kappa shape index (κ1) is 21.4. The Morgan fingerprint density at radius 2 is 1.77 bits per heavy atom. The number of anilines is 1. The molecule has 31 heavy (non-hydrogen) atoms. The summed E-state index contributed by atoms with van der Waals surface area (Å²) in [6.45, 7) is 4.11. The highest BCUT2D eigenvalue weighted by Gasteiger charge is 2.25. The summed E-state index contributed by atoms with van der Waals surface area (Å²) in [5.41, 5.74) is 3.54. The Kier molecular flexibility index (Phi) is 6.59. The first-order chi connectivity index (χ1) is 15.0. The topological polar surface area (TPSA) is 49.4 Å². The van der Waals surface area contributed by atoms with E-state index in [9.17, 15) is 14.0 Å². The molecule has 6 heteroatoms. The van der Waals surface area contributed by atoms with Gasteiger partial charge in [-0.2, -0.15) is 0 Å². The normalized spacial score (nSPS) is 15.0. The second-order valence-corrected chi connectivity index (χ2v) is 8.92. The van der Waals surface area contributed by atoms with E-state index in [1.54, 1.807) is 13.0 Å². The predicted molar refractivity (Wildman–Crippen MR) is 123 cm³/mol. The third kappa shape index (κ3) is 5.46. The van der Waals surface area contributed by atoms with E-state index in [4.69, 9.17) is 0 Å². The summed E-state index contributed by atoms with van der Waals surface area (Å²) < 4.78 is 13.5. The number of amides is 1. The number of halogens is 1. The van der Waals surface area contributed by atoms with Gasteiger partial charge in [0.05, 0.1) is 4.88 Å². The van der Waals surface area contributed by atoms with Gasteiger partial charge in [0.2, 0.25) is 5.91 Å². The molecule has 4 nitrogen and oxygen atoms in total. The second kappa shape index (κ2) is 9.54. The van der Waals surface area contributed by atoms with Crippen molar-refractivity contribution in [2.24, 2.45) is 5.92 Å². The third-order valence-electron chi connectivity index (χ3n) is 5.65. The molecule has 4 rings (SSSR count). The number of likely N-dealkylation sites (tertiary alicyclic amines) is 1. The standard InChI is InChI=1S/C25H25FN2O2S/c1-17(29)24-12-18(16-31-24)15-28-10-8-19(9-11-28)25(30)27-23-7-3-5-21(14-23)20-4-2-6-22(26)13-20/h2-7,12-14,16,19H,8-11,15H2,1H3,(H,27,30). The van der Waals surface area contributed by atoms with Crippen LogP contribution < -0.4 is 5.32 Å². The zero-order chi connectivity index (χ0) is 21.8.